The highest BCUT2D eigenvalue weighted by Gasteiger charge is 2.15. The molecule has 1 aliphatic rings. The molecular formula is C9H18N4. The quantitative estimate of drug-likeness (QED) is 0.382. The monoisotopic (exact) mass is 182 g/mol. The van der Waals surface area contributed by atoms with Crippen molar-refractivity contribution in [3.05, 3.63) is 0 Å². The first-order chi connectivity index (χ1) is 6.20. The lowest BCUT2D eigenvalue weighted by Crippen LogP contribution is -2.22. The summed E-state index contributed by atoms with van der Waals surface area (Å²) in [7, 11) is 0. The van der Waals surface area contributed by atoms with Gasteiger partial charge in [-0.15, -0.1) is 5.10 Å². The number of nitrogens with two attached hydrogens (primary N) is 2. The third-order valence-corrected chi connectivity index (χ3v) is 2.52. The van der Waals surface area contributed by atoms with Crippen molar-refractivity contribution in [1.82, 2.24) is 0 Å². The molecule has 0 saturated heterocycles. The van der Waals surface area contributed by atoms with E-state index in [1.54, 1.807) is 0 Å². The van der Waals surface area contributed by atoms with Crippen LogP contribution in [0.3, 0.4) is 0 Å². The van der Waals surface area contributed by atoms with E-state index in [9.17, 15) is 0 Å². The van der Waals surface area contributed by atoms with Gasteiger partial charge in [-0.3, -0.25) is 0 Å². The van der Waals surface area contributed by atoms with Crippen LogP contribution >= 0.6 is 0 Å². The van der Waals surface area contributed by atoms with Crippen LogP contribution in [0.4, 0.5) is 0 Å². The van der Waals surface area contributed by atoms with Gasteiger partial charge in [-0.05, 0) is 25.7 Å². The third-order valence-electron chi connectivity index (χ3n) is 2.52. The van der Waals surface area contributed by atoms with Crippen molar-refractivity contribution in [2.45, 2.75) is 39.0 Å². The summed E-state index contributed by atoms with van der Waals surface area (Å²) in [6.45, 7) is 2.00. The molecule has 0 aromatic rings. The van der Waals surface area contributed by atoms with Crippen LogP contribution in [-0.4, -0.2) is 11.7 Å². The number of nitrogens with zero attached hydrogens (tertiary/aromatic N) is 2. The zero-order chi connectivity index (χ0) is 9.68. The van der Waals surface area contributed by atoms with Gasteiger partial charge in [0.15, 0.2) is 0 Å². The van der Waals surface area contributed by atoms with Gasteiger partial charge in [-0.25, -0.2) is 0 Å². The zero-order valence-electron chi connectivity index (χ0n) is 8.16. The van der Waals surface area contributed by atoms with Crippen LogP contribution in [0.5, 0.6) is 0 Å². The summed E-state index contributed by atoms with van der Waals surface area (Å²) >= 11 is 0. The molecule has 1 aliphatic carbocycles. The smallest absolute Gasteiger partial charge is 0.211 e. The lowest BCUT2D eigenvalue weighted by atomic mass is 9.86. The van der Waals surface area contributed by atoms with Crippen molar-refractivity contribution >= 4 is 11.7 Å². The highest BCUT2D eigenvalue weighted by Crippen LogP contribution is 2.24. The number of guanidine groups is 1. The van der Waals surface area contributed by atoms with Gasteiger partial charge in [0.25, 0.3) is 0 Å². The van der Waals surface area contributed by atoms with Crippen molar-refractivity contribution in [3.63, 3.8) is 0 Å². The molecule has 0 spiro atoms. The lowest BCUT2D eigenvalue weighted by Gasteiger charge is -2.20. The van der Waals surface area contributed by atoms with Crippen LogP contribution in [0, 0.1) is 5.92 Å². The minimum Gasteiger partial charge on any atom is -0.369 e. The van der Waals surface area contributed by atoms with E-state index >= 15 is 0 Å². The Morgan fingerprint density at radius 2 is 1.69 bits per heavy atom. The van der Waals surface area contributed by atoms with Crippen LogP contribution in [0.15, 0.2) is 10.2 Å². The molecule has 13 heavy (non-hydrogen) atoms. The summed E-state index contributed by atoms with van der Waals surface area (Å²) in [5, 5.41) is 7.66. The normalized spacial score (nSPS) is 19.9. The minimum atomic E-state index is 0.0372. The van der Waals surface area contributed by atoms with Gasteiger partial charge >= 0.3 is 0 Å². The van der Waals surface area contributed by atoms with E-state index in [2.05, 4.69) is 10.2 Å². The Kier molecular flexibility index (Phi) is 3.73. The van der Waals surface area contributed by atoms with Gasteiger partial charge in [0.1, 0.15) is 0 Å². The number of hydrogen-bond acceptors (Lipinski definition) is 2. The van der Waals surface area contributed by atoms with Gasteiger partial charge in [0.2, 0.25) is 5.96 Å². The van der Waals surface area contributed by atoms with Crippen molar-refractivity contribution in [1.29, 1.82) is 0 Å². The molecule has 0 heterocycles. The predicted molar refractivity (Wildman–Crippen MR) is 55.5 cm³/mol. The molecule has 1 rings (SSSR count). The molecule has 0 bridgehead atoms. The molecule has 1 saturated carbocycles. The van der Waals surface area contributed by atoms with E-state index < -0.39 is 0 Å². The number of rotatable bonds is 2. The van der Waals surface area contributed by atoms with Crippen LogP contribution in [-0.2, 0) is 0 Å². The van der Waals surface area contributed by atoms with Gasteiger partial charge < -0.3 is 11.5 Å². The Bertz CT molecular complexity index is 210. The average Bonchev–Trinajstić information content (AvgIpc) is 2.15. The summed E-state index contributed by atoms with van der Waals surface area (Å²) in [5.74, 6) is 0.631. The first-order valence-corrected chi connectivity index (χ1v) is 4.83. The fraction of sp³-hybridized carbons (Fsp3) is 0.778. The first kappa shape index (κ1) is 10.0. The highest BCUT2D eigenvalue weighted by atomic mass is 15.3. The maximum atomic E-state index is 5.19. The van der Waals surface area contributed by atoms with E-state index in [1.165, 1.54) is 32.1 Å². The van der Waals surface area contributed by atoms with Crippen LogP contribution in [0.25, 0.3) is 0 Å². The first-order valence-electron chi connectivity index (χ1n) is 4.83. The lowest BCUT2D eigenvalue weighted by molar-refractivity contribution is 0.438. The molecule has 4 N–H and O–H groups in total. The van der Waals surface area contributed by atoms with E-state index in [-0.39, 0.29) is 5.96 Å². The van der Waals surface area contributed by atoms with E-state index in [1.807, 2.05) is 6.92 Å². The molecule has 4 nitrogen and oxygen atoms in total. The van der Waals surface area contributed by atoms with E-state index in [0.29, 0.717) is 5.92 Å². The molecule has 0 atom stereocenters. The van der Waals surface area contributed by atoms with Crippen molar-refractivity contribution in [3.8, 4) is 0 Å². The van der Waals surface area contributed by atoms with Crippen molar-refractivity contribution < 1.29 is 0 Å². The second-order valence-corrected chi connectivity index (χ2v) is 3.60. The standard InChI is InChI=1S/C9H18N4/c1-7(12-13-9(10)11)8-5-3-2-4-6-8/h8H,2-6H2,1H3,(H4,10,11,13)/b12-7+. The summed E-state index contributed by atoms with van der Waals surface area (Å²) in [6, 6.07) is 0. The topological polar surface area (TPSA) is 76.8 Å². The molecular weight excluding hydrogens is 164 g/mol. The number of hydrogen-bond donors (Lipinski definition) is 2. The Morgan fingerprint density at radius 1 is 1.08 bits per heavy atom. The van der Waals surface area contributed by atoms with Gasteiger partial charge in [0, 0.05) is 5.71 Å². The van der Waals surface area contributed by atoms with Crippen LogP contribution in [0.1, 0.15) is 39.0 Å². The summed E-state index contributed by atoms with van der Waals surface area (Å²) in [4.78, 5) is 0. The Labute approximate surface area is 79.1 Å². The Hall–Kier alpha value is -1.06. The second kappa shape index (κ2) is 4.84. The maximum Gasteiger partial charge on any atom is 0.211 e. The van der Waals surface area contributed by atoms with Crippen molar-refractivity contribution in [2.75, 3.05) is 0 Å². The third kappa shape index (κ3) is 3.44. The minimum absolute atomic E-state index is 0.0372. The highest BCUT2D eigenvalue weighted by molar-refractivity contribution is 5.85. The predicted octanol–water partition coefficient (Wildman–Crippen LogP) is 1.22. The average molecular weight is 182 g/mol. The fourth-order valence-corrected chi connectivity index (χ4v) is 1.74. The van der Waals surface area contributed by atoms with Gasteiger partial charge in [-0.2, -0.15) is 5.10 Å². The van der Waals surface area contributed by atoms with Crippen LogP contribution in [0.2, 0.25) is 0 Å². The Balaban J connectivity index is 2.49. The second-order valence-electron chi connectivity index (χ2n) is 3.60. The van der Waals surface area contributed by atoms with E-state index in [0.717, 1.165) is 5.71 Å². The summed E-state index contributed by atoms with van der Waals surface area (Å²) in [6.07, 6.45) is 6.43. The Morgan fingerprint density at radius 3 is 2.23 bits per heavy atom. The summed E-state index contributed by atoms with van der Waals surface area (Å²) < 4.78 is 0. The summed E-state index contributed by atoms with van der Waals surface area (Å²) in [5.41, 5.74) is 11.4. The molecule has 0 aliphatic heterocycles. The van der Waals surface area contributed by atoms with Crippen LogP contribution < -0.4 is 11.5 Å². The van der Waals surface area contributed by atoms with Gasteiger partial charge in [-0.1, -0.05) is 19.3 Å². The van der Waals surface area contributed by atoms with Crippen molar-refractivity contribution in [2.24, 2.45) is 27.6 Å². The maximum absolute atomic E-state index is 5.19. The molecule has 0 unspecified atom stereocenters. The molecule has 1 fully saturated rings. The molecule has 0 aromatic heterocycles. The van der Waals surface area contributed by atoms with Gasteiger partial charge in [0.05, 0.1) is 0 Å². The zero-order valence-corrected chi connectivity index (χ0v) is 8.16. The molecule has 4 heteroatoms. The fourth-order valence-electron chi connectivity index (χ4n) is 1.74. The molecule has 0 amide bonds. The molecule has 0 aromatic carbocycles. The largest absolute Gasteiger partial charge is 0.369 e. The molecule has 74 valence electrons. The molecule has 0 radical (unpaired) electrons. The van der Waals surface area contributed by atoms with E-state index in [4.69, 9.17) is 11.5 Å². The SMILES string of the molecule is C/C(=N\N=C(N)N)C1CCCCC1.